The smallest absolute Gasteiger partial charge is 0.325 e. The molecule has 0 aromatic carbocycles. The van der Waals surface area contributed by atoms with Gasteiger partial charge in [0, 0.05) is 6.42 Å². The highest BCUT2D eigenvalue weighted by Gasteiger charge is 2.33. The van der Waals surface area contributed by atoms with Crippen LogP contribution in [0.1, 0.15) is 72.1 Å². The van der Waals surface area contributed by atoms with Crippen molar-refractivity contribution in [3.63, 3.8) is 0 Å². The molecule has 0 radical (unpaired) electrons. The van der Waals surface area contributed by atoms with E-state index < -0.39 is 102 Å². The summed E-state index contributed by atoms with van der Waals surface area (Å²) in [6.07, 6.45) is 0.574. The number of carbonyl (C=O) groups is 9. The minimum Gasteiger partial charge on any atom is -0.481 e. The average Bonchev–Trinajstić information content (AvgIpc) is 3.57. The standard InChI is InChI=1S/C29H49N9O11/c1-14(24(43)35-16(3)29(48)49)33-23(42)15(2)34-26(45)19(9-10-21(31)39)37-27(46)18(7-4-5-11-30)36-28(47)20(13-22(40)41)38-25(44)17-8-6-12-32-17/h14-20,32H,4-13,30H2,1-3H3,(H2,31,39)(H,33,42)(H,34,45)(H,35,43)(H,36,47)(H,37,46)(H,38,44)(H,40,41)(H,48,49). The van der Waals surface area contributed by atoms with Gasteiger partial charge in [0.05, 0.1) is 12.5 Å². The van der Waals surface area contributed by atoms with E-state index >= 15 is 0 Å². The summed E-state index contributed by atoms with van der Waals surface area (Å²) in [7, 11) is 0. The van der Waals surface area contributed by atoms with Gasteiger partial charge < -0.3 is 58.9 Å². The van der Waals surface area contributed by atoms with Crippen LogP contribution in [0.25, 0.3) is 0 Å². The molecule has 0 saturated carbocycles. The van der Waals surface area contributed by atoms with Crippen LogP contribution in [0.3, 0.4) is 0 Å². The largest absolute Gasteiger partial charge is 0.481 e. The van der Waals surface area contributed by atoms with E-state index in [4.69, 9.17) is 16.6 Å². The molecular formula is C29H49N9O11. The number of carboxylic acid groups (broad SMARTS) is 2. The van der Waals surface area contributed by atoms with E-state index in [9.17, 15) is 48.3 Å². The summed E-state index contributed by atoms with van der Waals surface area (Å²) in [6, 6.07) is -8.58. The van der Waals surface area contributed by atoms with Crippen molar-refractivity contribution in [3.05, 3.63) is 0 Å². The molecule has 276 valence electrons. The van der Waals surface area contributed by atoms with Gasteiger partial charge in [-0.15, -0.1) is 0 Å². The fraction of sp³-hybridized carbons (Fsp3) is 0.690. The monoisotopic (exact) mass is 699 g/mol. The Kier molecular flexibility index (Phi) is 18.2. The molecule has 0 bridgehead atoms. The van der Waals surface area contributed by atoms with Gasteiger partial charge >= 0.3 is 11.9 Å². The maximum Gasteiger partial charge on any atom is 0.325 e. The number of nitrogens with two attached hydrogens (primary N) is 2. The number of aliphatic carboxylic acids is 2. The van der Waals surface area contributed by atoms with Crippen LogP contribution in [0.4, 0.5) is 0 Å². The van der Waals surface area contributed by atoms with Crippen LogP contribution in [-0.4, -0.2) is 119 Å². The molecule has 49 heavy (non-hydrogen) atoms. The van der Waals surface area contributed by atoms with Crippen molar-refractivity contribution >= 4 is 53.3 Å². The topological polar surface area (TPSA) is 330 Å². The quantitative estimate of drug-likeness (QED) is 0.0477. The van der Waals surface area contributed by atoms with Crippen molar-refractivity contribution in [3.8, 4) is 0 Å². The zero-order chi connectivity index (χ0) is 37.3. The predicted octanol–water partition coefficient (Wildman–Crippen LogP) is -4.34. The van der Waals surface area contributed by atoms with Crippen LogP contribution < -0.4 is 48.7 Å². The molecule has 13 N–H and O–H groups in total. The third-order valence-electron chi connectivity index (χ3n) is 7.51. The molecule has 20 heteroatoms. The number of nitrogens with one attached hydrogen (secondary N) is 7. The van der Waals surface area contributed by atoms with Gasteiger partial charge in [0.1, 0.15) is 36.3 Å². The van der Waals surface area contributed by atoms with Gasteiger partial charge in [0.15, 0.2) is 0 Å². The van der Waals surface area contributed by atoms with Crippen LogP contribution in [0.2, 0.25) is 0 Å². The summed E-state index contributed by atoms with van der Waals surface area (Å²) >= 11 is 0. The summed E-state index contributed by atoms with van der Waals surface area (Å²) in [5.41, 5.74) is 10.8. The van der Waals surface area contributed by atoms with Crippen LogP contribution in [0, 0.1) is 0 Å². The lowest BCUT2D eigenvalue weighted by Crippen LogP contribution is -2.59. The Balaban J connectivity index is 3.06. The summed E-state index contributed by atoms with van der Waals surface area (Å²) in [5, 5.41) is 35.4. The van der Waals surface area contributed by atoms with Crippen LogP contribution in [0.5, 0.6) is 0 Å². The van der Waals surface area contributed by atoms with Gasteiger partial charge in [-0.25, -0.2) is 0 Å². The number of hydrogen-bond acceptors (Lipinski definition) is 11. The maximum atomic E-state index is 13.5. The van der Waals surface area contributed by atoms with Crippen molar-refractivity contribution < 1.29 is 53.4 Å². The first kappa shape index (κ1) is 42.2. The van der Waals surface area contributed by atoms with Crippen LogP contribution in [0.15, 0.2) is 0 Å². The molecule has 0 aromatic heterocycles. The van der Waals surface area contributed by atoms with Gasteiger partial charge in [-0.3, -0.25) is 43.2 Å². The molecule has 1 aliphatic heterocycles. The molecule has 7 atom stereocenters. The SMILES string of the molecule is CC(NC(=O)C(C)NC(=O)C(C)NC(=O)C(CCC(N)=O)NC(=O)C(CCCCN)NC(=O)C(CC(=O)O)NC(=O)C1CCCN1)C(=O)O. The number of primary amides is 1. The van der Waals surface area contributed by atoms with Crippen molar-refractivity contribution in [1.82, 2.24) is 37.2 Å². The lowest BCUT2D eigenvalue weighted by Gasteiger charge is -2.26. The predicted molar refractivity (Wildman–Crippen MR) is 171 cm³/mol. The maximum absolute atomic E-state index is 13.5. The summed E-state index contributed by atoms with van der Waals surface area (Å²) < 4.78 is 0. The minimum absolute atomic E-state index is 0.0100. The number of amides is 7. The van der Waals surface area contributed by atoms with E-state index in [0.717, 1.165) is 6.42 Å². The first-order chi connectivity index (χ1) is 23.0. The highest BCUT2D eigenvalue weighted by atomic mass is 16.4. The molecule has 1 saturated heterocycles. The number of unbranched alkanes of at least 4 members (excludes halogenated alkanes) is 1. The lowest BCUT2D eigenvalue weighted by molar-refractivity contribution is -0.142. The lowest BCUT2D eigenvalue weighted by atomic mass is 10.0. The normalized spacial score (nSPS) is 17.5. The number of carbonyl (C=O) groups excluding carboxylic acids is 7. The highest BCUT2D eigenvalue weighted by molar-refractivity contribution is 5.97. The van der Waals surface area contributed by atoms with Crippen LogP contribution in [-0.2, 0) is 43.2 Å². The Bertz CT molecular complexity index is 1230. The first-order valence-electron chi connectivity index (χ1n) is 15.9. The third kappa shape index (κ3) is 15.7. The Morgan fingerprint density at radius 1 is 0.694 bits per heavy atom. The zero-order valence-electron chi connectivity index (χ0n) is 27.8. The Hall–Kier alpha value is -4.85. The van der Waals surface area contributed by atoms with E-state index in [1.54, 1.807) is 0 Å². The van der Waals surface area contributed by atoms with E-state index in [0.29, 0.717) is 25.8 Å². The molecule has 1 fully saturated rings. The molecule has 0 aliphatic carbocycles. The molecule has 1 aliphatic rings. The average molecular weight is 700 g/mol. The number of rotatable bonds is 22. The van der Waals surface area contributed by atoms with Gasteiger partial charge in [-0.2, -0.15) is 0 Å². The fourth-order valence-corrected chi connectivity index (χ4v) is 4.61. The first-order valence-corrected chi connectivity index (χ1v) is 15.9. The van der Waals surface area contributed by atoms with Crippen molar-refractivity contribution in [2.24, 2.45) is 11.5 Å². The number of hydrogen-bond donors (Lipinski definition) is 11. The summed E-state index contributed by atoms with van der Waals surface area (Å²) in [6.45, 7) is 4.64. The zero-order valence-corrected chi connectivity index (χ0v) is 27.8. The summed E-state index contributed by atoms with van der Waals surface area (Å²) in [5.74, 6) is -8.43. The second-order valence-electron chi connectivity index (χ2n) is 11.7. The Morgan fingerprint density at radius 3 is 1.69 bits per heavy atom. The van der Waals surface area contributed by atoms with Gasteiger partial charge in [0.25, 0.3) is 0 Å². The molecule has 0 aromatic rings. The van der Waals surface area contributed by atoms with Gasteiger partial charge in [-0.05, 0) is 72.4 Å². The highest BCUT2D eigenvalue weighted by Crippen LogP contribution is 2.08. The Labute approximate surface area is 283 Å². The summed E-state index contributed by atoms with van der Waals surface area (Å²) in [4.78, 5) is 111. The molecule has 1 heterocycles. The van der Waals surface area contributed by atoms with E-state index in [1.807, 2.05) is 0 Å². The van der Waals surface area contributed by atoms with Crippen molar-refractivity contribution in [2.45, 2.75) is 114 Å². The van der Waals surface area contributed by atoms with Gasteiger partial charge in [0.2, 0.25) is 41.4 Å². The molecular weight excluding hydrogens is 650 g/mol. The molecule has 0 spiro atoms. The van der Waals surface area contributed by atoms with Gasteiger partial charge in [-0.1, -0.05) is 0 Å². The van der Waals surface area contributed by atoms with Crippen molar-refractivity contribution in [1.29, 1.82) is 0 Å². The molecule has 7 unspecified atom stereocenters. The molecule has 20 nitrogen and oxygen atoms in total. The second kappa shape index (κ2) is 21.2. The van der Waals surface area contributed by atoms with Crippen LogP contribution >= 0.6 is 0 Å². The van der Waals surface area contributed by atoms with Crippen molar-refractivity contribution in [2.75, 3.05) is 13.1 Å². The second-order valence-corrected chi connectivity index (χ2v) is 11.7. The molecule has 1 rings (SSSR count). The Morgan fingerprint density at radius 2 is 1.20 bits per heavy atom. The van der Waals surface area contributed by atoms with E-state index in [-0.39, 0.29) is 25.8 Å². The minimum atomic E-state index is -1.53. The molecule has 7 amide bonds. The fourth-order valence-electron chi connectivity index (χ4n) is 4.61. The van der Waals surface area contributed by atoms with E-state index in [1.165, 1.54) is 20.8 Å². The number of carboxylic acids is 2. The van der Waals surface area contributed by atoms with E-state index in [2.05, 4.69) is 37.2 Å². The third-order valence-corrected chi connectivity index (χ3v) is 7.51.